The maximum Gasteiger partial charge on any atom is 0.142 e. The predicted molar refractivity (Wildman–Crippen MR) is 205 cm³/mol. The zero-order chi connectivity index (χ0) is 36.2. The lowest BCUT2D eigenvalue weighted by molar-refractivity contribution is 0.176. The highest BCUT2D eigenvalue weighted by Gasteiger charge is 2.19. The molecule has 0 aliphatic carbocycles. The number of anilines is 1. The summed E-state index contributed by atoms with van der Waals surface area (Å²) in [6.07, 6.45) is 7.25. The molecule has 268 valence electrons. The van der Waals surface area contributed by atoms with E-state index in [0.717, 1.165) is 89.0 Å². The molecule has 0 spiro atoms. The van der Waals surface area contributed by atoms with Crippen molar-refractivity contribution in [2.75, 3.05) is 38.1 Å². The van der Waals surface area contributed by atoms with Gasteiger partial charge in [-0.15, -0.1) is 0 Å². The molecule has 5 rings (SSSR count). The summed E-state index contributed by atoms with van der Waals surface area (Å²) in [6, 6.07) is 19.3. The summed E-state index contributed by atoms with van der Waals surface area (Å²) >= 11 is 10.6. The van der Waals surface area contributed by atoms with Crippen LogP contribution < -0.4 is 20.1 Å². The number of hydrogen-bond acceptors (Lipinski definition) is 10. The molecule has 4 aromatic rings. The van der Waals surface area contributed by atoms with Gasteiger partial charge in [0.25, 0.3) is 0 Å². The lowest BCUT2D eigenvalue weighted by atomic mass is 9.97. The van der Waals surface area contributed by atoms with Crippen LogP contribution in [0.1, 0.15) is 54.0 Å². The van der Waals surface area contributed by atoms with E-state index in [2.05, 4.69) is 42.5 Å². The third-order valence-electron chi connectivity index (χ3n) is 8.81. The van der Waals surface area contributed by atoms with Gasteiger partial charge in [-0.3, -0.25) is 4.98 Å². The summed E-state index contributed by atoms with van der Waals surface area (Å²) in [4.78, 5) is 6.44. The highest BCUT2D eigenvalue weighted by molar-refractivity contribution is 9.10. The minimum atomic E-state index is -0.193. The van der Waals surface area contributed by atoms with Gasteiger partial charge in [-0.25, -0.2) is 0 Å². The largest absolute Gasteiger partial charge is 0.488 e. The normalized spacial score (nSPS) is 14.9. The number of halogens is 2. The molecule has 1 saturated heterocycles. The topological polar surface area (TPSA) is 147 Å². The van der Waals surface area contributed by atoms with Gasteiger partial charge in [-0.05, 0) is 78.0 Å². The fraction of sp³-hybridized carbons (Fsp3) is 0.359. The molecule has 5 N–H and O–H groups in total. The van der Waals surface area contributed by atoms with Crippen molar-refractivity contribution in [1.29, 1.82) is 10.7 Å². The lowest BCUT2D eigenvalue weighted by Crippen LogP contribution is -2.28. The minimum Gasteiger partial charge on any atom is -0.488 e. The molecule has 0 bridgehead atoms. The number of nitrogens with zero attached hydrogens (tertiary/aromatic N) is 3. The number of β-amino-alcohol motifs (C(OH)–C–C–N with tert-alkyl or cyclic N) is 1. The van der Waals surface area contributed by atoms with Crippen molar-refractivity contribution in [3.05, 3.63) is 104 Å². The predicted octanol–water partition coefficient (Wildman–Crippen LogP) is 6.92. The molecule has 10 nitrogen and oxygen atoms in total. The SMILES string of the molecule is C[C@H](CO)NCc1cc(Cl)c(OCc2cccc(-c3cccc(NCCCCN4CC[C@@H](O)C4)c3C=N)c2Br)cc1OCc1cncc(C#N)c1. The number of aromatic nitrogens is 1. The third kappa shape index (κ3) is 10.5. The van der Waals surface area contributed by atoms with Gasteiger partial charge in [-0.2, -0.15) is 5.26 Å². The van der Waals surface area contributed by atoms with Gasteiger partial charge < -0.3 is 40.6 Å². The number of hydrogen-bond donors (Lipinski definition) is 5. The van der Waals surface area contributed by atoms with E-state index in [0.29, 0.717) is 28.6 Å². The van der Waals surface area contributed by atoms with E-state index >= 15 is 0 Å². The van der Waals surface area contributed by atoms with E-state index < -0.39 is 0 Å². The standard InChI is InChI=1S/C39H44BrClN6O4/c1-26(23-48)46-21-30-15-35(41)38(16-37(30)50-24-28-14-27(17-42)19-44-20-28)51-25-29-6-4-8-33(39(29)40)32-7-5-9-36(34(32)18-43)45-11-2-3-12-47-13-10-31(49)22-47/h4-9,14-16,18-20,26,31,43,45-46,48-49H,2-3,10-13,21-25H2,1H3/t26-,31-/m1/s1. The molecule has 51 heavy (non-hydrogen) atoms. The van der Waals surface area contributed by atoms with Crippen molar-refractivity contribution in [2.24, 2.45) is 0 Å². The average Bonchev–Trinajstić information content (AvgIpc) is 3.57. The molecule has 0 radical (unpaired) electrons. The van der Waals surface area contributed by atoms with Crippen molar-refractivity contribution in [3.63, 3.8) is 0 Å². The Labute approximate surface area is 313 Å². The van der Waals surface area contributed by atoms with Crippen molar-refractivity contribution < 1.29 is 19.7 Å². The Balaban J connectivity index is 1.29. The highest BCUT2D eigenvalue weighted by Crippen LogP contribution is 2.38. The number of unbranched alkanes of at least 4 members (excludes halogenated alkanes) is 1. The number of ether oxygens (including phenoxy) is 2. The molecule has 3 aromatic carbocycles. The summed E-state index contributed by atoms with van der Waals surface area (Å²) in [6.45, 7) is 6.19. The number of nitrogens with one attached hydrogen (secondary N) is 3. The van der Waals surface area contributed by atoms with Crippen LogP contribution in [0.5, 0.6) is 11.5 Å². The molecule has 0 amide bonds. The molecule has 0 saturated carbocycles. The lowest BCUT2D eigenvalue weighted by Gasteiger charge is -2.19. The first-order valence-corrected chi connectivity index (χ1v) is 18.3. The van der Waals surface area contributed by atoms with Crippen LogP contribution in [0.25, 0.3) is 11.1 Å². The Kier molecular flexibility index (Phi) is 14.2. The van der Waals surface area contributed by atoms with Gasteiger partial charge in [0, 0.05) is 89.3 Å². The van der Waals surface area contributed by atoms with E-state index in [1.165, 1.54) is 12.4 Å². The molecule has 1 aliphatic heterocycles. The fourth-order valence-electron chi connectivity index (χ4n) is 5.96. The van der Waals surface area contributed by atoms with E-state index in [1.807, 2.05) is 43.3 Å². The first-order valence-electron chi connectivity index (χ1n) is 17.1. The van der Waals surface area contributed by atoms with E-state index in [4.69, 9.17) is 26.5 Å². The number of pyridine rings is 1. The van der Waals surface area contributed by atoms with Crippen LogP contribution in [0.2, 0.25) is 5.02 Å². The van der Waals surface area contributed by atoms with E-state index in [1.54, 1.807) is 24.4 Å². The Bertz CT molecular complexity index is 1840. The summed E-state index contributed by atoms with van der Waals surface area (Å²) in [5, 5.41) is 44.0. The molecule has 1 aromatic heterocycles. The van der Waals surface area contributed by atoms with Gasteiger partial charge in [-0.1, -0.05) is 41.9 Å². The molecular weight excluding hydrogens is 732 g/mol. The van der Waals surface area contributed by atoms with Gasteiger partial charge in [0.15, 0.2) is 0 Å². The molecule has 2 heterocycles. The van der Waals surface area contributed by atoms with Crippen molar-refractivity contribution >= 4 is 39.4 Å². The molecule has 12 heteroatoms. The van der Waals surface area contributed by atoms with Crippen LogP contribution in [-0.4, -0.2) is 71.2 Å². The number of aliphatic hydroxyl groups is 2. The van der Waals surface area contributed by atoms with Gasteiger partial charge in [0.1, 0.15) is 30.8 Å². The second-order valence-corrected chi connectivity index (χ2v) is 13.9. The second kappa shape index (κ2) is 19.0. The van der Waals surface area contributed by atoms with Crippen LogP contribution >= 0.6 is 27.5 Å². The van der Waals surface area contributed by atoms with Crippen LogP contribution in [0.4, 0.5) is 5.69 Å². The summed E-state index contributed by atoms with van der Waals surface area (Å²) in [5.41, 5.74) is 6.46. The molecule has 0 unspecified atom stereocenters. The molecule has 1 aliphatic rings. The van der Waals surface area contributed by atoms with Crippen LogP contribution in [0.15, 0.2) is 71.5 Å². The fourth-order valence-corrected chi connectivity index (χ4v) is 6.79. The minimum absolute atomic E-state index is 0.0141. The maximum absolute atomic E-state index is 9.77. The average molecular weight is 776 g/mol. The van der Waals surface area contributed by atoms with Crippen molar-refractivity contribution in [3.8, 4) is 28.7 Å². The monoisotopic (exact) mass is 774 g/mol. The van der Waals surface area contributed by atoms with E-state index in [9.17, 15) is 15.5 Å². The van der Waals surface area contributed by atoms with E-state index in [-0.39, 0.29) is 32.0 Å². The molecule has 1 fully saturated rings. The first kappa shape index (κ1) is 38.2. The zero-order valence-corrected chi connectivity index (χ0v) is 31.0. The summed E-state index contributed by atoms with van der Waals surface area (Å²) < 4.78 is 13.4. The second-order valence-electron chi connectivity index (χ2n) is 12.7. The first-order chi connectivity index (χ1) is 24.8. The maximum atomic E-state index is 9.77. The van der Waals surface area contributed by atoms with Crippen LogP contribution in [-0.2, 0) is 19.8 Å². The number of likely N-dealkylation sites (tertiary alicyclic amines) is 1. The number of nitriles is 1. The highest BCUT2D eigenvalue weighted by atomic mass is 79.9. The zero-order valence-electron chi connectivity index (χ0n) is 28.7. The van der Waals surface area contributed by atoms with Gasteiger partial charge >= 0.3 is 0 Å². The number of rotatable bonds is 18. The Morgan fingerprint density at radius 3 is 2.67 bits per heavy atom. The third-order valence-corrected chi connectivity index (χ3v) is 10.0. The van der Waals surface area contributed by atoms with Crippen LogP contribution in [0.3, 0.4) is 0 Å². The summed E-state index contributed by atoms with van der Waals surface area (Å²) in [5.74, 6) is 0.996. The quantitative estimate of drug-likeness (QED) is 0.0537. The Hall–Kier alpha value is -4.02. The Morgan fingerprint density at radius 2 is 1.90 bits per heavy atom. The number of benzene rings is 3. The van der Waals surface area contributed by atoms with Crippen molar-refractivity contribution in [2.45, 2.75) is 58.1 Å². The molecular formula is C39H44BrClN6O4. The van der Waals surface area contributed by atoms with Crippen molar-refractivity contribution in [1.82, 2.24) is 15.2 Å². The van der Waals surface area contributed by atoms with Gasteiger partial charge in [0.2, 0.25) is 0 Å². The Morgan fingerprint density at radius 1 is 1.10 bits per heavy atom. The van der Waals surface area contributed by atoms with Gasteiger partial charge in [0.05, 0.1) is 23.3 Å². The molecule has 2 atom stereocenters. The van der Waals surface area contributed by atoms with Crippen LogP contribution in [0, 0.1) is 16.7 Å². The summed E-state index contributed by atoms with van der Waals surface area (Å²) in [7, 11) is 0. The smallest absolute Gasteiger partial charge is 0.142 e. The number of aliphatic hydroxyl groups excluding tert-OH is 2.